The molecule has 0 N–H and O–H groups in total. The minimum Gasteiger partial charge on any atom is -0.394 e. The molecule has 2 aromatic rings. The summed E-state index contributed by atoms with van der Waals surface area (Å²) in [6.07, 6.45) is 0. The zero-order valence-corrected chi connectivity index (χ0v) is 11.8. The van der Waals surface area contributed by atoms with Gasteiger partial charge in [0.1, 0.15) is 11.5 Å². The van der Waals surface area contributed by atoms with E-state index in [4.69, 9.17) is 20.9 Å². The number of para-hydroxylation sites is 1. The average molecular weight is 299 g/mol. The number of rotatable bonds is 5. The van der Waals surface area contributed by atoms with Crippen LogP contribution in [0.4, 0.5) is 0 Å². The highest BCUT2D eigenvalue weighted by Crippen LogP contribution is 2.50. The molecule has 0 heterocycles. The summed E-state index contributed by atoms with van der Waals surface area (Å²) in [5, 5.41) is 0. The summed E-state index contributed by atoms with van der Waals surface area (Å²) in [4.78, 5) is 0. The number of hydrogen-bond acceptors (Lipinski definition) is 4. The quantitative estimate of drug-likeness (QED) is 0.748. The molecule has 4 nitrogen and oxygen atoms in total. The molecule has 0 radical (unpaired) electrons. The third-order valence-electron chi connectivity index (χ3n) is 2.28. The Bertz CT molecular complexity index is 571. The topological polar surface area (TPSA) is 44.8 Å². The second kappa shape index (κ2) is 6.11. The molecule has 2 aromatic carbocycles. The molecule has 0 aromatic heterocycles. The molecule has 0 aliphatic carbocycles. The number of benzene rings is 2. The molecule has 6 heteroatoms. The molecule has 0 fully saturated rings. The third-order valence-corrected chi connectivity index (χ3v) is 3.83. The van der Waals surface area contributed by atoms with E-state index >= 15 is 0 Å². The summed E-state index contributed by atoms with van der Waals surface area (Å²) in [5.74, 6) is 0.698. The highest BCUT2D eigenvalue weighted by molar-refractivity contribution is 7.50. The number of aryl methyl sites for hydroxylation is 1. The van der Waals surface area contributed by atoms with E-state index in [-0.39, 0.29) is 0 Å². The molecule has 0 aliphatic heterocycles. The van der Waals surface area contributed by atoms with Crippen LogP contribution in [0.3, 0.4) is 0 Å². The van der Waals surface area contributed by atoms with Crippen LogP contribution in [0.15, 0.2) is 54.6 Å². The van der Waals surface area contributed by atoms with E-state index in [1.807, 2.05) is 19.1 Å². The lowest BCUT2D eigenvalue weighted by atomic mass is 10.2. The van der Waals surface area contributed by atoms with Crippen molar-refractivity contribution in [3.63, 3.8) is 0 Å². The van der Waals surface area contributed by atoms with Crippen LogP contribution in [0, 0.1) is 6.92 Å². The van der Waals surface area contributed by atoms with E-state index in [1.165, 1.54) is 0 Å². The molecule has 100 valence electrons. The molecule has 0 saturated heterocycles. The van der Waals surface area contributed by atoms with E-state index in [2.05, 4.69) is 4.08 Å². The Kier molecular flexibility index (Phi) is 4.48. The Morgan fingerprint density at radius 1 is 0.895 bits per heavy atom. The summed E-state index contributed by atoms with van der Waals surface area (Å²) in [5.41, 5.74) is 1.05. The van der Waals surface area contributed by atoms with Crippen LogP contribution in [-0.4, -0.2) is 0 Å². The Labute approximate surface area is 116 Å². The summed E-state index contributed by atoms with van der Waals surface area (Å²) in [7, 11) is -3.89. The van der Waals surface area contributed by atoms with Crippen molar-refractivity contribution in [2.45, 2.75) is 6.92 Å². The van der Waals surface area contributed by atoms with E-state index in [0.717, 1.165) is 5.56 Å². The first-order chi connectivity index (χ1) is 9.11. The monoisotopic (exact) mass is 298 g/mol. The van der Waals surface area contributed by atoms with Crippen molar-refractivity contribution >= 4 is 19.7 Å². The standard InChI is InChI=1S/C13H12ClO4P/c1-11-7-9-13(10-8-11)17-19(15,18-14)16-12-5-3-2-4-6-12/h2-10H,1H3. The maximum Gasteiger partial charge on any atom is 0.604 e. The first-order valence-corrected chi connectivity index (χ1v) is 7.29. The van der Waals surface area contributed by atoms with Crippen LogP contribution in [0.25, 0.3) is 0 Å². The predicted octanol–water partition coefficient (Wildman–Crippen LogP) is 4.73. The maximum atomic E-state index is 12.2. The van der Waals surface area contributed by atoms with Gasteiger partial charge < -0.3 is 9.05 Å². The van der Waals surface area contributed by atoms with Crippen molar-refractivity contribution in [1.82, 2.24) is 0 Å². The smallest absolute Gasteiger partial charge is 0.394 e. The van der Waals surface area contributed by atoms with Crippen LogP contribution < -0.4 is 9.05 Å². The van der Waals surface area contributed by atoms with Gasteiger partial charge >= 0.3 is 7.82 Å². The number of phosphoric ester groups is 1. The van der Waals surface area contributed by atoms with E-state index in [9.17, 15) is 4.57 Å². The molecule has 0 bridgehead atoms. The van der Waals surface area contributed by atoms with Crippen molar-refractivity contribution < 1.29 is 17.7 Å². The molecule has 0 spiro atoms. The molecular weight excluding hydrogens is 287 g/mol. The van der Waals surface area contributed by atoms with Gasteiger partial charge in [0.25, 0.3) is 0 Å². The van der Waals surface area contributed by atoms with Crippen LogP contribution in [0.2, 0.25) is 0 Å². The van der Waals surface area contributed by atoms with Crippen molar-refractivity contribution in [3.8, 4) is 11.5 Å². The third kappa shape index (κ3) is 4.00. The predicted molar refractivity (Wildman–Crippen MR) is 73.4 cm³/mol. The van der Waals surface area contributed by atoms with Gasteiger partial charge in [0.2, 0.25) is 0 Å². The maximum absolute atomic E-state index is 12.2. The average Bonchev–Trinajstić information content (AvgIpc) is 2.42. The molecule has 0 amide bonds. The molecule has 2 rings (SSSR count). The van der Waals surface area contributed by atoms with Crippen molar-refractivity contribution in [2.75, 3.05) is 0 Å². The highest BCUT2D eigenvalue weighted by atomic mass is 35.5. The highest BCUT2D eigenvalue weighted by Gasteiger charge is 2.30. The Morgan fingerprint density at radius 2 is 1.42 bits per heavy atom. The lowest BCUT2D eigenvalue weighted by molar-refractivity contribution is 0.308. The van der Waals surface area contributed by atoms with E-state index in [1.54, 1.807) is 42.5 Å². The summed E-state index contributed by atoms with van der Waals surface area (Å²) in [6.45, 7) is 1.93. The van der Waals surface area contributed by atoms with Gasteiger partial charge in [-0.25, -0.2) is 4.57 Å². The van der Waals surface area contributed by atoms with Gasteiger partial charge in [-0.05, 0) is 31.2 Å². The van der Waals surface area contributed by atoms with Crippen LogP contribution >= 0.6 is 19.7 Å². The fraction of sp³-hybridized carbons (Fsp3) is 0.0769. The number of phosphoric acid groups is 1. The van der Waals surface area contributed by atoms with E-state index < -0.39 is 7.82 Å². The van der Waals surface area contributed by atoms with E-state index in [0.29, 0.717) is 11.5 Å². The Morgan fingerprint density at radius 3 is 1.95 bits per heavy atom. The van der Waals surface area contributed by atoms with Crippen molar-refractivity contribution in [3.05, 3.63) is 60.2 Å². The van der Waals surface area contributed by atoms with Gasteiger partial charge in [-0.3, -0.25) is 0 Å². The minimum atomic E-state index is -3.89. The molecular formula is C13H12ClO4P. The van der Waals surface area contributed by atoms with Crippen molar-refractivity contribution in [2.24, 2.45) is 0 Å². The Balaban J connectivity index is 2.14. The summed E-state index contributed by atoms with van der Waals surface area (Å²) in [6, 6.07) is 15.5. The summed E-state index contributed by atoms with van der Waals surface area (Å²) >= 11 is 5.23. The van der Waals surface area contributed by atoms with Gasteiger partial charge in [0.15, 0.2) is 0 Å². The Hall–Kier alpha value is -1.48. The number of hydrogen-bond donors (Lipinski definition) is 0. The zero-order chi connectivity index (χ0) is 13.7. The largest absolute Gasteiger partial charge is 0.604 e. The fourth-order valence-corrected chi connectivity index (χ4v) is 2.41. The first kappa shape index (κ1) is 13.9. The van der Waals surface area contributed by atoms with Gasteiger partial charge in [0.05, 0.1) is 11.9 Å². The second-order valence-electron chi connectivity index (χ2n) is 3.82. The van der Waals surface area contributed by atoms with Gasteiger partial charge in [-0.2, -0.15) is 4.08 Å². The van der Waals surface area contributed by atoms with Crippen molar-refractivity contribution in [1.29, 1.82) is 0 Å². The normalized spacial score (nSPS) is 13.6. The SMILES string of the molecule is Cc1ccc(OP(=O)(OCl)Oc2ccccc2)cc1. The second-order valence-corrected chi connectivity index (χ2v) is 5.64. The molecule has 1 atom stereocenters. The molecule has 0 saturated carbocycles. The molecule has 19 heavy (non-hydrogen) atoms. The minimum absolute atomic E-state index is 0.346. The van der Waals surface area contributed by atoms with Crippen LogP contribution in [0.1, 0.15) is 5.56 Å². The molecule has 1 unspecified atom stereocenters. The molecule has 0 aliphatic rings. The lowest BCUT2D eigenvalue weighted by Gasteiger charge is -2.15. The van der Waals surface area contributed by atoms with Crippen LogP contribution in [-0.2, 0) is 8.64 Å². The fourth-order valence-electron chi connectivity index (χ4n) is 1.39. The van der Waals surface area contributed by atoms with Gasteiger partial charge in [0, 0.05) is 0 Å². The van der Waals surface area contributed by atoms with Gasteiger partial charge in [-0.1, -0.05) is 35.9 Å². The first-order valence-electron chi connectivity index (χ1n) is 5.52. The van der Waals surface area contributed by atoms with Crippen LogP contribution in [0.5, 0.6) is 11.5 Å². The zero-order valence-electron chi connectivity index (χ0n) is 10.2. The lowest BCUT2D eigenvalue weighted by Crippen LogP contribution is -2.00. The van der Waals surface area contributed by atoms with Gasteiger partial charge in [-0.15, -0.1) is 0 Å². The number of halogens is 1. The summed E-state index contributed by atoms with van der Waals surface area (Å²) < 4.78 is 26.9.